The molecule has 2 aliphatic rings. The Kier molecular flexibility index (Phi) is 13.8. The van der Waals surface area contributed by atoms with E-state index in [1.165, 1.54) is 78.0 Å². The maximum atomic E-state index is 12.2. The van der Waals surface area contributed by atoms with Gasteiger partial charge in [-0.2, -0.15) is 0 Å². The Morgan fingerprint density at radius 1 is 0.690 bits per heavy atom. The topological polar surface area (TPSA) is 26.3 Å². The third kappa shape index (κ3) is 12.0. The van der Waals surface area contributed by atoms with E-state index in [0.717, 1.165) is 11.1 Å². The number of hydrogen-bond donors (Lipinski definition) is 0. The van der Waals surface area contributed by atoms with E-state index in [1.54, 1.807) is 0 Å². The maximum Gasteiger partial charge on any atom is 0.331 e. The largest absolute Gasteiger partial charge is 0.458 e. The van der Waals surface area contributed by atoms with Crippen LogP contribution < -0.4 is 0 Å². The molecule has 0 saturated carbocycles. The molecule has 2 rings (SSSR count). The number of allylic oxidation sites excluding steroid dienone is 18. The predicted octanol–water partition coefficient (Wildman–Crippen LogP) is 11.6. The minimum Gasteiger partial charge on any atom is -0.458 e. The van der Waals surface area contributed by atoms with Crippen LogP contribution in [0, 0.1) is 10.8 Å². The van der Waals surface area contributed by atoms with Crippen LogP contribution in [0.2, 0.25) is 0 Å². The summed E-state index contributed by atoms with van der Waals surface area (Å²) in [4.78, 5) is 12.2. The number of ether oxygens (including phenoxy) is 1. The molecule has 0 heterocycles. The van der Waals surface area contributed by atoms with E-state index >= 15 is 0 Å². The minimum atomic E-state index is -0.330. The molecule has 0 saturated heterocycles. The summed E-state index contributed by atoms with van der Waals surface area (Å²) >= 11 is 0. The van der Waals surface area contributed by atoms with Gasteiger partial charge in [0.1, 0.15) is 6.61 Å². The number of rotatable bonds is 11. The van der Waals surface area contributed by atoms with E-state index < -0.39 is 0 Å². The fourth-order valence-electron chi connectivity index (χ4n) is 5.86. The molecule has 2 aliphatic carbocycles. The standard InChI is InChI=1S/C40H56O2/c1-30(21-23-36-34(5)19-13-26-39(36,7)8)15-11-17-32(3)25-28-42-38(41)29-33(4)18-12-16-31(2)22-24-37-35(6)20-14-27-40(37,9)10/h11-12,15-18,21-25,29H,13-14,19-20,26-28H2,1-10H3/b17-11+,18-12+,23-21+,24-22+,30-15+,31-16+,32-25?,33-29+. The lowest BCUT2D eigenvalue weighted by molar-refractivity contribution is -0.136. The highest BCUT2D eigenvalue weighted by Gasteiger charge is 2.27. The van der Waals surface area contributed by atoms with Gasteiger partial charge in [0.05, 0.1) is 0 Å². The molecule has 0 radical (unpaired) electrons. The molecule has 0 aromatic carbocycles. The quantitative estimate of drug-likeness (QED) is 0.141. The van der Waals surface area contributed by atoms with Gasteiger partial charge in [0, 0.05) is 6.08 Å². The summed E-state index contributed by atoms with van der Waals surface area (Å²) in [5.41, 5.74) is 10.8. The van der Waals surface area contributed by atoms with Gasteiger partial charge in [-0.15, -0.1) is 0 Å². The minimum absolute atomic E-state index is 0.246. The van der Waals surface area contributed by atoms with Crippen LogP contribution >= 0.6 is 0 Å². The highest BCUT2D eigenvalue weighted by atomic mass is 16.5. The summed E-state index contributed by atoms with van der Waals surface area (Å²) < 4.78 is 5.39. The Bertz CT molecular complexity index is 1270. The third-order valence-electron chi connectivity index (χ3n) is 8.52. The Morgan fingerprint density at radius 2 is 1.14 bits per heavy atom. The molecule has 0 N–H and O–H groups in total. The van der Waals surface area contributed by atoms with Gasteiger partial charge < -0.3 is 4.74 Å². The van der Waals surface area contributed by atoms with Crippen LogP contribution in [0.4, 0.5) is 0 Å². The van der Waals surface area contributed by atoms with Crippen LogP contribution in [0.15, 0.2) is 117 Å². The van der Waals surface area contributed by atoms with Crippen molar-refractivity contribution in [2.45, 2.75) is 108 Å². The summed E-state index contributed by atoms with van der Waals surface area (Å²) in [6.45, 7) is 22.3. The van der Waals surface area contributed by atoms with Gasteiger partial charge in [-0.05, 0) is 114 Å². The van der Waals surface area contributed by atoms with Crippen molar-refractivity contribution in [3.05, 3.63) is 117 Å². The van der Waals surface area contributed by atoms with Crippen molar-refractivity contribution in [1.29, 1.82) is 0 Å². The van der Waals surface area contributed by atoms with E-state index in [2.05, 4.69) is 91.8 Å². The molecule has 228 valence electrons. The molecule has 2 nitrogen and oxygen atoms in total. The van der Waals surface area contributed by atoms with Gasteiger partial charge in [-0.25, -0.2) is 4.79 Å². The molecular weight excluding hydrogens is 512 g/mol. The highest BCUT2D eigenvalue weighted by molar-refractivity contribution is 5.83. The second kappa shape index (κ2) is 16.5. The lowest BCUT2D eigenvalue weighted by Crippen LogP contribution is -2.19. The Hall–Kier alpha value is -3.13. The average molecular weight is 569 g/mol. The van der Waals surface area contributed by atoms with Crippen LogP contribution in [0.25, 0.3) is 0 Å². The molecular formula is C40H56O2. The summed E-state index contributed by atoms with van der Waals surface area (Å²) in [5.74, 6) is -0.330. The first kappa shape index (κ1) is 35.1. The van der Waals surface area contributed by atoms with Crippen molar-refractivity contribution in [2.24, 2.45) is 10.8 Å². The molecule has 0 bridgehead atoms. The smallest absolute Gasteiger partial charge is 0.331 e. The molecule has 2 heteroatoms. The zero-order valence-electron chi connectivity index (χ0n) is 28.2. The van der Waals surface area contributed by atoms with Crippen molar-refractivity contribution in [3.63, 3.8) is 0 Å². The van der Waals surface area contributed by atoms with Crippen LogP contribution in [-0.2, 0) is 9.53 Å². The molecule has 0 spiro atoms. The second-order valence-electron chi connectivity index (χ2n) is 13.5. The van der Waals surface area contributed by atoms with Crippen molar-refractivity contribution >= 4 is 5.97 Å². The summed E-state index contributed by atoms with van der Waals surface area (Å²) in [5, 5.41) is 0. The van der Waals surface area contributed by atoms with E-state index in [-0.39, 0.29) is 23.4 Å². The lowest BCUT2D eigenvalue weighted by Gasteiger charge is -2.33. The first-order valence-electron chi connectivity index (χ1n) is 15.7. The van der Waals surface area contributed by atoms with Gasteiger partial charge in [0.2, 0.25) is 0 Å². The zero-order valence-corrected chi connectivity index (χ0v) is 28.2. The second-order valence-corrected chi connectivity index (χ2v) is 13.5. The van der Waals surface area contributed by atoms with E-state index in [9.17, 15) is 4.79 Å². The maximum absolute atomic E-state index is 12.2. The first-order valence-corrected chi connectivity index (χ1v) is 15.7. The summed E-state index contributed by atoms with van der Waals surface area (Å²) in [6.07, 6.45) is 32.1. The number of carbonyl (C=O) groups is 1. The molecule has 0 aliphatic heterocycles. The van der Waals surface area contributed by atoms with E-state index in [0.29, 0.717) is 0 Å². The predicted molar refractivity (Wildman–Crippen MR) is 183 cm³/mol. The summed E-state index contributed by atoms with van der Waals surface area (Å²) in [6, 6.07) is 0. The molecule has 0 atom stereocenters. The lowest BCUT2D eigenvalue weighted by atomic mass is 9.72. The molecule has 0 fully saturated rings. The van der Waals surface area contributed by atoms with Crippen molar-refractivity contribution in [3.8, 4) is 0 Å². The van der Waals surface area contributed by atoms with Crippen molar-refractivity contribution < 1.29 is 9.53 Å². The van der Waals surface area contributed by atoms with E-state index in [4.69, 9.17) is 4.74 Å². The van der Waals surface area contributed by atoms with Crippen molar-refractivity contribution in [1.82, 2.24) is 0 Å². The fourth-order valence-corrected chi connectivity index (χ4v) is 5.86. The molecule has 42 heavy (non-hydrogen) atoms. The van der Waals surface area contributed by atoms with Crippen LogP contribution in [0.5, 0.6) is 0 Å². The van der Waals surface area contributed by atoms with Gasteiger partial charge in [0.25, 0.3) is 0 Å². The van der Waals surface area contributed by atoms with E-state index in [1.807, 2.05) is 44.2 Å². The van der Waals surface area contributed by atoms with Crippen LogP contribution in [0.3, 0.4) is 0 Å². The Balaban J connectivity index is 1.83. The number of carbonyl (C=O) groups excluding carboxylic acids is 1. The van der Waals surface area contributed by atoms with Gasteiger partial charge >= 0.3 is 5.97 Å². The van der Waals surface area contributed by atoms with Gasteiger partial charge in [-0.1, -0.05) is 116 Å². The van der Waals surface area contributed by atoms with Crippen LogP contribution in [0.1, 0.15) is 108 Å². The molecule has 0 unspecified atom stereocenters. The highest BCUT2D eigenvalue weighted by Crippen LogP contribution is 2.41. The molecule has 0 amide bonds. The zero-order chi connectivity index (χ0) is 31.3. The van der Waals surface area contributed by atoms with Crippen LogP contribution in [-0.4, -0.2) is 12.6 Å². The fraction of sp³-hybridized carbons (Fsp3) is 0.475. The number of hydrogen-bond acceptors (Lipinski definition) is 2. The molecule has 0 aromatic rings. The van der Waals surface area contributed by atoms with Crippen molar-refractivity contribution in [2.75, 3.05) is 6.61 Å². The Labute approximate surface area is 257 Å². The first-order chi connectivity index (χ1) is 19.7. The average Bonchev–Trinajstić information content (AvgIpc) is 2.87. The summed E-state index contributed by atoms with van der Waals surface area (Å²) in [7, 11) is 0. The van der Waals surface area contributed by atoms with Gasteiger partial charge in [0.15, 0.2) is 0 Å². The monoisotopic (exact) mass is 568 g/mol. The SMILES string of the molecule is CC(=CCOC(=O)/C=C(C)/C=C/C=C(C)/C=C/C1=C(C)CCCC1(C)C)/C=C/C=C(C)/C=C/C1=C(C)CCCC1(C)C. The molecule has 0 aromatic heterocycles. The number of esters is 1. The normalized spacial score (nSPS) is 21.1. The van der Waals surface area contributed by atoms with Gasteiger partial charge in [-0.3, -0.25) is 0 Å². The third-order valence-corrected chi connectivity index (χ3v) is 8.52. The Morgan fingerprint density at radius 3 is 1.60 bits per heavy atom.